The lowest BCUT2D eigenvalue weighted by Gasteiger charge is -2.14. The van der Waals surface area contributed by atoms with E-state index in [1.807, 2.05) is 18.5 Å². The molecule has 0 saturated carbocycles. The quantitative estimate of drug-likeness (QED) is 0.764. The number of amides is 2. The number of aryl methyl sites for hydroxylation is 2. The monoisotopic (exact) mass is 316 g/mol. The summed E-state index contributed by atoms with van der Waals surface area (Å²) >= 11 is 0. The molecule has 3 N–H and O–H groups in total. The second-order valence-electron chi connectivity index (χ2n) is 5.73. The Labute approximate surface area is 136 Å². The van der Waals surface area contributed by atoms with Crippen LogP contribution >= 0.6 is 0 Å². The van der Waals surface area contributed by atoms with E-state index in [2.05, 4.69) is 39.0 Å². The van der Waals surface area contributed by atoms with Crippen LogP contribution in [-0.2, 0) is 6.54 Å². The van der Waals surface area contributed by atoms with Crippen LogP contribution < -0.4 is 16.0 Å². The van der Waals surface area contributed by atoms with E-state index in [9.17, 15) is 4.79 Å². The maximum absolute atomic E-state index is 11.9. The molecule has 7 nitrogen and oxygen atoms in total. The molecule has 7 heteroatoms. The molecule has 0 bridgehead atoms. The van der Waals surface area contributed by atoms with Gasteiger partial charge in [0.1, 0.15) is 5.82 Å². The molecule has 0 fully saturated rings. The number of hydrogen-bond acceptors (Lipinski definition) is 4. The Morgan fingerprint density at radius 2 is 2.13 bits per heavy atom. The van der Waals surface area contributed by atoms with Crippen LogP contribution in [0.5, 0.6) is 0 Å². The SMILES string of the molecule is CNc1ccc(NC(=O)NC[C@@H](C)Cn2nc(C)cc2C)cn1. The molecule has 0 spiro atoms. The fourth-order valence-corrected chi connectivity index (χ4v) is 2.28. The highest BCUT2D eigenvalue weighted by molar-refractivity contribution is 5.89. The molecule has 2 rings (SSSR count). The van der Waals surface area contributed by atoms with Gasteiger partial charge in [-0.15, -0.1) is 0 Å². The van der Waals surface area contributed by atoms with Gasteiger partial charge in [-0.05, 0) is 38.0 Å². The van der Waals surface area contributed by atoms with E-state index in [1.165, 1.54) is 0 Å². The van der Waals surface area contributed by atoms with Crippen LogP contribution in [0.25, 0.3) is 0 Å². The van der Waals surface area contributed by atoms with Crippen molar-refractivity contribution in [2.75, 3.05) is 24.2 Å². The molecule has 2 amide bonds. The molecule has 124 valence electrons. The average molecular weight is 316 g/mol. The van der Waals surface area contributed by atoms with Crippen molar-refractivity contribution in [3.8, 4) is 0 Å². The largest absolute Gasteiger partial charge is 0.373 e. The van der Waals surface area contributed by atoms with Crippen LogP contribution in [-0.4, -0.2) is 34.4 Å². The Bertz CT molecular complexity index is 649. The molecule has 0 radical (unpaired) electrons. The topological polar surface area (TPSA) is 83.9 Å². The predicted octanol–water partition coefficient (Wildman–Crippen LogP) is 2.39. The van der Waals surface area contributed by atoms with Gasteiger partial charge in [0.05, 0.1) is 17.6 Å². The number of urea groups is 1. The Kier molecular flexibility index (Phi) is 5.56. The fraction of sp³-hybridized carbons (Fsp3) is 0.438. The summed E-state index contributed by atoms with van der Waals surface area (Å²) in [5, 5.41) is 13.0. The number of nitrogens with zero attached hydrogens (tertiary/aromatic N) is 3. The Morgan fingerprint density at radius 1 is 1.35 bits per heavy atom. The average Bonchev–Trinajstić information content (AvgIpc) is 2.83. The number of nitrogens with one attached hydrogen (secondary N) is 3. The third-order valence-corrected chi connectivity index (χ3v) is 3.48. The first-order chi connectivity index (χ1) is 11.0. The maximum Gasteiger partial charge on any atom is 0.319 e. The summed E-state index contributed by atoms with van der Waals surface area (Å²) in [6.45, 7) is 7.45. The highest BCUT2D eigenvalue weighted by atomic mass is 16.2. The van der Waals surface area contributed by atoms with Crippen molar-refractivity contribution in [1.82, 2.24) is 20.1 Å². The first-order valence-corrected chi connectivity index (χ1v) is 7.67. The number of aromatic nitrogens is 3. The van der Waals surface area contributed by atoms with Crippen molar-refractivity contribution >= 4 is 17.5 Å². The minimum Gasteiger partial charge on any atom is -0.373 e. The van der Waals surface area contributed by atoms with Gasteiger partial charge in [0.15, 0.2) is 0 Å². The molecule has 1 atom stereocenters. The number of rotatable bonds is 6. The third-order valence-electron chi connectivity index (χ3n) is 3.48. The van der Waals surface area contributed by atoms with Crippen molar-refractivity contribution in [2.24, 2.45) is 5.92 Å². The first-order valence-electron chi connectivity index (χ1n) is 7.67. The molecule has 2 heterocycles. The first kappa shape index (κ1) is 16.8. The van der Waals surface area contributed by atoms with Gasteiger partial charge in [-0.1, -0.05) is 6.92 Å². The minimum atomic E-state index is -0.232. The molecule has 0 unspecified atom stereocenters. The smallest absolute Gasteiger partial charge is 0.319 e. The van der Waals surface area contributed by atoms with Crippen LogP contribution in [0.4, 0.5) is 16.3 Å². The Balaban J connectivity index is 1.77. The number of anilines is 2. The molecule has 2 aromatic heterocycles. The van der Waals surface area contributed by atoms with Gasteiger partial charge in [0, 0.05) is 25.8 Å². The summed E-state index contributed by atoms with van der Waals surface area (Å²) < 4.78 is 1.97. The van der Waals surface area contributed by atoms with Crippen LogP contribution in [0.15, 0.2) is 24.4 Å². The lowest BCUT2D eigenvalue weighted by molar-refractivity contribution is 0.249. The molecule has 0 aliphatic carbocycles. The number of carbonyl (C=O) groups is 1. The van der Waals surface area contributed by atoms with Crippen molar-refractivity contribution < 1.29 is 4.79 Å². The Hall–Kier alpha value is -2.57. The summed E-state index contributed by atoms with van der Waals surface area (Å²) in [6.07, 6.45) is 1.62. The van der Waals surface area contributed by atoms with Gasteiger partial charge in [0.2, 0.25) is 0 Å². The fourth-order valence-electron chi connectivity index (χ4n) is 2.28. The van der Waals surface area contributed by atoms with E-state index in [4.69, 9.17) is 0 Å². The van der Waals surface area contributed by atoms with Crippen LogP contribution in [0.3, 0.4) is 0 Å². The maximum atomic E-state index is 11.9. The van der Waals surface area contributed by atoms with Crippen LogP contribution in [0.1, 0.15) is 18.3 Å². The van der Waals surface area contributed by atoms with Gasteiger partial charge in [-0.25, -0.2) is 9.78 Å². The van der Waals surface area contributed by atoms with E-state index in [1.54, 1.807) is 25.4 Å². The predicted molar refractivity (Wildman–Crippen MR) is 91.7 cm³/mol. The zero-order chi connectivity index (χ0) is 16.8. The Morgan fingerprint density at radius 3 is 2.70 bits per heavy atom. The van der Waals surface area contributed by atoms with Gasteiger partial charge < -0.3 is 16.0 Å². The third kappa shape index (κ3) is 4.98. The standard InChI is InChI=1S/C16H24N6O/c1-11(10-22-13(3)7-12(2)21-22)8-19-16(23)20-14-5-6-15(17-4)18-9-14/h5-7,9,11H,8,10H2,1-4H3,(H,17,18)(H2,19,20,23)/t11-/m1/s1. The van der Waals surface area contributed by atoms with Gasteiger partial charge >= 0.3 is 6.03 Å². The molecule has 23 heavy (non-hydrogen) atoms. The molecule has 2 aromatic rings. The number of carbonyl (C=O) groups excluding carboxylic acids is 1. The van der Waals surface area contributed by atoms with E-state index < -0.39 is 0 Å². The molecular weight excluding hydrogens is 292 g/mol. The van der Waals surface area contributed by atoms with Crippen molar-refractivity contribution in [2.45, 2.75) is 27.3 Å². The number of pyridine rings is 1. The molecule has 0 aliphatic heterocycles. The van der Waals surface area contributed by atoms with E-state index in [0.717, 1.165) is 23.8 Å². The normalized spacial score (nSPS) is 11.8. The molecule has 0 saturated heterocycles. The molecule has 0 aromatic carbocycles. The van der Waals surface area contributed by atoms with E-state index in [0.29, 0.717) is 12.2 Å². The van der Waals surface area contributed by atoms with E-state index >= 15 is 0 Å². The summed E-state index contributed by atoms with van der Waals surface area (Å²) in [4.78, 5) is 16.1. The van der Waals surface area contributed by atoms with Crippen molar-refractivity contribution in [3.05, 3.63) is 35.8 Å². The van der Waals surface area contributed by atoms with Crippen LogP contribution in [0, 0.1) is 19.8 Å². The van der Waals surface area contributed by atoms with Gasteiger partial charge in [-0.2, -0.15) is 5.10 Å². The van der Waals surface area contributed by atoms with Gasteiger partial charge in [-0.3, -0.25) is 4.68 Å². The lowest BCUT2D eigenvalue weighted by Crippen LogP contribution is -2.33. The van der Waals surface area contributed by atoms with E-state index in [-0.39, 0.29) is 11.9 Å². The summed E-state index contributed by atoms with van der Waals surface area (Å²) in [6, 6.07) is 5.43. The summed E-state index contributed by atoms with van der Waals surface area (Å²) in [5.74, 6) is 1.04. The lowest BCUT2D eigenvalue weighted by atomic mass is 10.2. The summed E-state index contributed by atoms with van der Waals surface area (Å²) in [5.41, 5.74) is 2.81. The minimum absolute atomic E-state index is 0.232. The highest BCUT2D eigenvalue weighted by Gasteiger charge is 2.09. The van der Waals surface area contributed by atoms with Crippen molar-refractivity contribution in [3.63, 3.8) is 0 Å². The second kappa shape index (κ2) is 7.62. The zero-order valence-electron chi connectivity index (χ0n) is 14.1. The number of hydrogen-bond donors (Lipinski definition) is 3. The molecule has 0 aliphatic rings. The second-order valence-corrected chi connectivity index (χ2v) is 5.73. The zero-order valence-corrected chi connectivity index (χ0v) is 14.1. The van der Waals surface area contributed by atoms with Gasteiger partial charge in [0.25, 0.3) is 0 Å². The van der Waals surface area contributed by atoms with Crippen molar-refractivity contribution in [1.29, 1.82) is 0 Å². The molecular formula is C16H24N6O. The van der Waals surface area contributed by atoms with Crippen LogP contribution in [0.2, 0.25) is 0 Å². The highest BCUT2D eigenvalue weighted by Crippen LogP contribution is 2.09. The summed E-state index contributed by atoms with van der Waals surface area (Å²) in [7, 11) is 1.80.